The Morgan fingerprint density at radius 1 is 1.33 bits per heavy atom. The summed E-state index contributed by atoms with van der Waals surface area (Å²) in [5.74, 6) is 0.722. The number of aryl methyl sites for hydroxylation is 1. The summed E-state index contributed by atoms with van der Waals surface area (Å²) in [6.07, 6.45) is 4.61. The highest BCUT2D eigenvalue weighted by Crippen LogP contribution is 2.13. The summed E-state index contributed by atoms with van der Waals surface area (Å²) in [5, 5.41) is 9.78. The van der Waals surface area contributed by atoms with Gasteiger partial charge in [-0.3, -0.25) is 9.78 Å². The summed E-state index contributed by atoms with van der Waals surface area (Å²) in [4.78, 5) is 33.7. The zero-order chi connectivity index (χ0) is 17.1. The van der Waals surface area contributed by atoms with Gasteiger partial charge in [0.05, 0.1) is 12.6 Å². The van der Waals surface area contributed by atoms with E-state index in [9.17, 15) is 9.59 Å². The van der Waals surface area contributed by atoms with Crippen LogP contribution in [0.15, 0.2) is 24.7 Å². The molecule has 9 heteroatoms. The molecule has 9 nitrogen and oxygen atoms in total. The van der Waals surface area contributed by atoms with Gasteiger partial charge in [-0.05, 0) is 18.6 Å². The van der Waals surface area contributed by atoms with Crippen molar-refractivity contribution in [2.75, 3.05) is 19.4 Å². The van der Waals surface area contributed by atoms with Gasteiger partial charge in [-0.2, -0.15) is 5.10 Å². The van der Waals surface area contributed by atoms with Crippen LogP contribution in [0.4, 0.5) is 10.5 Å². The van der Waals surface area contributed by atoms with E-state index in [1.54, 1.807) is 30.9 Å². The Kier molecular flexibility index (Phi) is 4.41. The molecule has 2 aromatic rings. The van der Waals surface area contributed by atoms with Gasteiger partial charge in [-0.25, -0.2) is 14.5 Å². The number of aromatic nitrogens is 4. The summed E-state index contributed by atoms with van der Waals surface area (Å²) in [6.45, 7) is 0.601. The normalized spacial score (nSPS) is 16.2. The van der Waals surface area contributed by atoms with Crippen LogP contribution < -0.4 is 10.6 Å². The minimum Gasteiger partial charge on any atom is -0.343 e. The van der Waals surface area contributed by atoms with Gasteiger partial charge in [-0.1, -0.05) is 0 Å². The van der Waals surface area contributed by atoms with Crippen molar-refractivity contribution in [1.82, 2.24) is 30.0 Å². The summed E-state index contributed by atoms with van der Waals surface area (Å²) in [7, 11) is 3.30. The van der Waals surface area contributed by atoms with Crippen LogP contribution in [0.25, 0.3) is 0 Å². The van der Waals surface area contributed by atoms with E-state index < -0.39 is 0 Å². The maximum absolute atomic E-state index is 12.2. The molecule has 0 saturated heterocycles. The van der Waals surface area contributed by atoms with E-state index >= 15 is 0 Å². The maximum Gasteiger partial charge on any atom is 0.319 e. The van der Waals surface area contributed by atoms with Gasteiger partial charge < -0.3 is 15.5 Å². The molecular weight excluding hydrogens is 310 g/mol. The fourth-order valence-electron chi connectivity index (χ4n) is 2.56. The summed E-state index contributed by atoms with van der Waals surface area (Å²) >= 11 is 0. The van der Waals surface area contributed by atoms with Gasteiger partial charge in [0.1, 0.15) is 17.8 Å². The van der Waals surface area contributed by atoms with Gasteiger partial charge >= 0.3 is 6.03 Å². The second-order valence-electron chi connectivity index (χ2n) is 5.82. The van der Waals surface area contributed by atoms with E-state index in [2.05, 4.69) is 25.7 Å². The number of hydrogen-bond donors (Lipinski definition) is 2. The number of hydrogen-bond acceptors (Lipinski definition) is 5. The van der Waals surface area contributed by atoms with Gasteiger partial charge in [-0.15, -0.1) is 0 Å². The first-order valence-electron chi connectivity index (χ1n) is 7.65. The van der Waals surface area contributed by atoms with Crippen LogP contribution in [-0.2, 0) is 13.0 Å². The van der Waals surface area contributed by atoms with Crippen molar-refractivity contribution in [3.63, 3.8) is 0 Å². The van der Waals surface area contributed by atoms with E-state index in [4.69, 9.17) is 0 Å². The molecule has 2 aromatic heterocycles. The van der Waals surface area contributed by atoms with Crippen molar-refractivity contribution < 1.29 is 9.59 Å². The summed E-state index contributed by atoms with van der Waals surface area (Å²) < 4.78 is 1.80. The first-order valence-corrected chi connectivity index (χ1v) is 7.65. The number of rotatable bonds is 3. The number of pyridine rings is 1. The average molecular weight is 329 g/mol. The van der Waals surface area contributed by atoms with Gasteiger partial charge in [0.25, 0.3) is 5.91 Å². The van der Waals surface area contributed by atoms with Crippen LogP contribution in [0.2, 0.25) is 0 Å². The van der Waals surface area contributed by atoms with E-state index in [1.807, 2.05) is 0 Å². The molecule has 3 amide bonds. The average Bonchev–Trinajstić information content (AvgIpc) is 3.01. The predicted molar refractivity (Wildman–Crippen MR) is 86.5 cm³/mol. The van der Waals surface area contributed by atoms with E-state index in [0.29, 0.717) is 12.2 Å². The first-order chi connectivity index (χ1) is 11.5. The molecule has 1 atom stereocenters. The highest BCUT2D eigenvalue weighted by molar-refractivity contribution is 5.95. The molecule has 0 aromatic carbocycles. The Labute approximate surface area is 139 Å². The maximum atomic E-state index is 12.2. The van der Waals surface area contributed by atoms with E-state index in [-0.39, 0.29) is 23.7 Å². The smallest absolute Gasteiger partial charge is 0.319 e. The van der Waals surface area contributed by atoms with Crippen LogP contribution >= 0.6 is 0 Å². The number of carbonyl (C=O) groups is 2. The van der Waals surface area contributed by atoms with Crippen molar-refractivity contribution >= 4 is 17.6 Å². The van der Waals surface area contributed by atoms with Crippen molar-refractivity contribution in [3.05, 3.63) is 36.2 Å². The topological polar surface area (TPSA) is 105 Å². The molecule has 0 saturated carbocycles. The standard InChI is InChI=1S/C15H19N7O2/c1-21(2)14(23)12-7-10(5-6-16-12)19-15(24)20-11-3-4-13-17-9-18-22(13)8-11/h5-7,9,11H,3-4,8H2,1-2H3,(H2,16,19,20,24). The van der Waals surface area contributed by atoms with Crippen LogP contribution in [0, 0.1) is 0 Å². The van der Waals surface area contributed by atoms with Crippen molar-refractivity contribution in [2.45, 2.75) is 25.4 Å². The molecule has 2 N–H and O–H groups in total. The lowest BCUT2D eigenvalue weighted by atomic mass is 10.1. The Morgan fingerprint density at radius 3 is 2.96 bits per heavy atom. The number of carbonyl (C=O) groups excluding carboxylic acids is 2. The SMILES string of the molecule is CN(C)C(=O)c1cc(NC(=O)NC2CCc3ncnn3C2)ccn1. The summed E-state index contributed by atoms with van der Waals surface area (Å²) in [5.41, 5.74) is 0.799. The van der Waals surface area contributed by atoms with Gasteiger partial charge in [0, 0.05) is 32.4 Å². The van der Waals surface area contributed by atoms with Gasteiger partial charge in [0.15, 0.2) is 0 Å². The fourth-order valence-corrected chi connectivity index (χ4v) is 2.56. The van der Waals surface area contributed by atoms with E-state index in [1.165, 1.54) is 17.4 Å². The Bertz CT molecular complexity index is 756. The molecule has 0 spiro atoms. The number of amides is 3. The molecule has 1 aliphatic heterocycles. The second-order valence-corrected chi connectivity index (χ2v) is 5.82. The monoisotopic (exact) mass is 329 g/mol. The molecule has 0 bridgehead atoms. The molecule has 0 fully saturated rings. The lowest BCUT2D eigenvalue weighted by Gasteiger charge is -2.23. The zero-order valence-electron chi connectivity index (χ0n) is 13.6. The molecule has 1 unspecified atom stereocenters. The lowest BCUT2D eigenvalue weighted by Crippen LogP contribution is -2.43. The Hall–Kier alpha value is -2.97. The van der Waals surface area contributed by atoms with Crippen LogP contribution in [-0.4, -0.2) is 56.7 Å². The second kappa shape index (κ2) is 6.65. The number of nitrogens with one attached hydrogen (secondary N) is 2. The lowest BCUT2D eigenvalue weighted by molar-refractivity contribution is 0.0822. The Balaban J connectivity index is 1.59. The molecule has 3 rings (SSSR count). The highest BCUT2D eigenvalue weighted by atomic mass is 16.2. The first kappa shape index (κ1) is 15.9. The quantitative estimate of drug-likeness (QED) is 0.854. The number of urea groups is 1. The molecule has 3 heterocycles. The third-order valence-electron chi connectivity index (χ3n) is 3.78. The minimum absolute atomic E-state index is 0.0103. The van der Waals surface area contributed by atoms with Crippen LogP contribution in [0.3, 0.4) is 0 Å². The number of nitrogens with zero attached hydrogens (tertiary/aromatic N) is 5. The number of fused-ring (bicyclic) bond motifs is 1. The Morgan fingerprint density at radius 2 is 2.17 bits per heavy atom. The summed E-state index contributed by atoms with van der Waals surface area (Å²) in [6, 6.07) is 2.86. The predicted octanol–water partition coefficient (Wildman–Crippen LogP) is 0.511. The molecular formula is C15H19N7O2. The molecule has 0 radical (unpaired) electrons. The van der Waals surface area contributed by atoms with Gasteiger partial charge in [0.2, 0.25) is 0 Å². The number of anilines is 1. The zero-order valence-corrected chi connectivity index (χ0v) is 13.6. The molecule has 24 heavy (non-hydrogen) atoms. The van der Waals surface area contributed by atoms with Crippen molar-refractivity contribution in [3.8, 4) is 0 Å². The van der Waals surface area contributed by atoms with E-state index in [0.717, 1.165) is 18.7 Å². The van der Waals surface area contributed by atoms with Crippen molar-refractivity contribution in [1.29, 1.82) is 0 Å². The molecule has 126 valence electrons. The third kappa shape index (κ3) is 3.50. The highest BCUT2D eigenvalue weighted by Gasteiger charge is 2.21. The third-order valence-corrected chi connectivity index (χ3v) is 3.78. The molecule has 1 aliphatic rings. The van der Waals surface area contributed by atoms with Crippen LogP contribution in [0.1, 0.15) is 22.7 Å². The van der Waals surface area contributed by atoms with Crippen LogP contribution in [0.5, 0.6) is 0 Å². The minimum atomic E-state index is -0.321. The fraction of sp³-hybridized carbons (Fsp3) is 0.400. The largest absolute Gasteiger partial charge is 0.343 e. The molecule has 0 aliphatic carbocycles. The van der Waals surface area contributed by atoms with Crippen molar-refractivity contribution in [2.24, 2.45) is 0 Å².